The molecule has 0 aliphatic rings. The van der Waals surface area contributed by atoms with Gasteiger partial charge in [0.25, 0.3) is 0 Å². The lowest BCUT2D eigenvalue weighted by Gasteiger charge is -2.29. The van der Waals surface area contributed by atoms with Crippen LogP contribution in [0.5, 0.6) is 0 Å². The number of carbonyl (C=O) groups excluding carboxylic acids is 2. The van der Waals surface area contributed by atoms with Gasteiger partial charge in [0.15, 0.2) is 13.1 Å². The lowest BCUT2D eigenvalue weighted by molar-refractivity contribution is -0.884. The number of hydrogen-bond acceptors (Lipinski definition) is 4. The zero-order valence-electron chi connectivity index (χ0n) is 39.2. The molecule has 0 aromatic heterocycles. The van der Waals surface area contributed by atoms with Gasteiger partial charge in [0.1, 0.15) is 0 Å². The monoisotopic (exact) mass is 795 g/mol. The summed E-state index contributed by atoms with van der Waals surface area (Å²) in [5.74, 6) is -0.117. The normalized spacial score (nSPS) is 12.0. The number of esters is 2. The lowest BCUT2D eigenvalue weighted by atomic mass is 10.0. The third-order valence-electron chi connectivity index (χ3n) is 11.9. The van der Waals surface area contributed by atoms with Gasteiger partial charge < -0.3 is 18.4 Å². The van der Waals surface area contributed by atoms with E-state index in [1.54, 1.807) is 0 Å². The summed E-state index contributed by atoms with van der Waals surface area (Å²) >= 11 is 0. The lowest BCUT2D eigenvalue weighted by Crippen LogP contribution is -2.45. The number of nitrogens with zero attached hydrogens (tertiary/aromatic N) is 2. The minimum atomic E-state index is -0.0586. The van der Waals surface area contributed by atoms with Crippen LogP contribution in [0.1, 0.15) is 245 Å². The molecule has 334 valence electrons. The third kappa shape index (κ3) is 42.5. The zero-order valence-corrected chi connectivity index (χ0v) is 39.2. The maximum absolute atomic E-state index is 12.5. The number of hydrogen-bond donors (Lipinski definition) is 0. The van der Waals surface area contributed by atoms with Crippen molar-refractivity contribution in [3.05, 3.63) is 0 Å². The van der Waals surface area contributed by atoms with Crippen molar-refractivity contribution in [1.29, 1.82) is 0 Å². The highest BCUT2D eigenvalue weighted by Crippen LogP contribution is 2.16. The number of rotatable bonds is 45. The molecule has 0 saturated heterocycles. The van der Waals surface area contributed by atoms with Gasteiger partial charge >= 0.3 is 11.9 Å². The Balaban J connectivity index is 3.61. The van der Waals surface area contributed by atoms with E-state index >= 15 is 0 Å². The molecule has 0 N–H and O–H groups in total. The third-order valence-corrected chi connectivity index (χ3v) is 11.9. The highest BCUT2D eigenvalue weighted by Gasteiger charge is 2.22. The fourth-order valence-electron chi connectivity index (χ4n) is 8.05. The first-order valence-electron chi connectivity index (χ1n) is 25.1. The highest BCUT2D eigenvalue weighted by molar-refractivity contribution is 5.70. The fraction of sp³-hybridized carbons (Fsp3) is 0.960. The van der Waals surface area contributed by atoms with Crippen LogP contribution in [0.25, 0.3) is 0 Å². The van der Waals surface area contributed by atoms with Crippen LogP contribution in [-0.2, 0) is 19.1 Å². The van der Waals surface area contributed by atoms with Crippen LogP contribution in [0.2, 0.25) is 0 Å². The molecular weight excluding hydrogens is 693 g/mol. The number of carbonyl (C=O) groups is 2. The predicted molar refractivity (Wildman–Crippen MR) is 243 cm³/mol. The largest absolute Gasteiger partial charge is 0.462 e. The molecule has 0 spiro atoms. The van der Waals surface area contributed by atoms with E-state index in [0.717, 1.165) is 51.6 Å². The molecule has 0 unspecified atom stereocenters. The van der Waals surface area contributed by atoms with E-state index in [9.17, 15) is 9.59 Å². The van der Waals surface area contributed by atoms with E-state index in [-0.39, 0.29) is 11.9 Å². The Morgan fingerprint density at radius 1 is 0.304 bits per heavy atom. The number of unbranched alkanes of at least 4 members (excludes halogenated alkanes) is 33. The van der Waals surface area contributed by atoms with E-state index in [2.05, 4.69) is 42.0 Å². The molecule has 0 aromatic rings. The van der Waals surface area contributed by atoms with Crippen molar-refractivity contribution in [2.75, 3.05) is 67.6 Å². The Kier molecular flexibility index (Phi) is 39.8. The Morgan fingerprint density at radius 2 is 0.500 bits per heavy atom. The summed E-state index contributed by atoms with van der Waals surface area (Å²) < 4.78 is 12.6. The van der Waals surface area contributed by atoms with Crippen LogP contribution in [0.15, 0.2) is 0 Å². The summed E-state index contributed by atoms with van der Waals surface area (Å²) in [4.78, 5) is 25.0. The number of ether oxygens (including phenoxy) is 2. The minimum absolute atomic E-state index is 0.0586. The Labute approximate surface area is 351 Å². The molecule has 6 nitrogen and oxygen atoms in total. The topological polar surface area (TPSA) is 52.6 Å². The molecule has 0 heterocycles. The van der Waals surface area contributed by atoms with Crippen molar-refractivity contribution < 1.29 is 28.0 Å². The molecule has 0 aromatic carbocycles. The summed E-state index contributed by atoms with van der Waals surface area (Å²) in [7, 11) is 8.56. The van der Waals surface area contributed by atoms with Gasteiger partial charge in [-0.1, -0.05) is 206 Å². The molecule has 0 amide bonds. The van der Waals surface area contributed by atoms with Crippen LogP contribution in [0.3, 0.4) is 0 Å². The minimum Gasteiger partial charge on any atom is -0.462 e. The van der Waals surface area contributed by atoms with Crippen molar-refractivity contribution in [1.82, 2.24) is 0 Å². The Bertz CT molecular complexity index is 777. The van der Waals surface area contributed by atoms with E-state index in [0.29, 0.717) is 35.3 Å². The van der Waals surface area contributed by atoms with E-state index in [1.165, 1.54) is 193 Å². The van der Waals surface area contributed by atoms with Crippen LogP contribution >= 0.6 is 0 Å². The average molecular weight is 795 g/mol. The van der Waals surface area contributed by atoms with Gasteiger partial charge in [-0.05, 0) is 38.5 Å². The molecule has 0 radical (unpaired) electrons. The molecule has 0 aliphatic heterocycles. The zero-order chi connectivity index (χ0) is 41.3. The smallest absolute Gasteiger partial charge is 0.361 e. The highest BCUT2D eigenvalue weighted by atomic mass is 16.5. The number of quaternary nitrogens is 2. The van der Waals surface area contributed by atoms with Crippen molar-refractivity contribution >= 4 is 11.9 Å². The summed E-state index contributed by atoms with van der Waals surface area (Å²) in [5.41, 5.74) is 0. The molecule has 0 aliphatic carbocycles. The van der Waals surface area contributed by atoms with Crippen molar-refractivity contribution in [2.24, 2.45) is 0 Å². The van der Waals surface area contributed by atoms with Gasteiger partial charge in [0.2, 0.25) is 0 Å². The molecule has 0 rings (SSSR count). The average Bonchev–Trinajstić information content (AvgIpc) is 3.15. The van der Waals surface area contributed by atoms with E-state index in [4.69, 9.17) is 9.47 Å². The molecule has 0 bridgehead atoms. The van der Waals surface area contributed by atoms with Gasteiger partial charge in [0, 0.05) is 0 Å². The van der Waals surface area contributed by atoms with Crippen molar-refractivity contribution in [3.63, 3.8) is 0 Å². The SMILES string of the molecule is CCCCCCCCCCCCCCCCCCOC(=O)C[N+](C)(C)CCCCCC[N+](C)(C)CC(=O)OCCCCCCCCCCCCCCCCCC. The van der Waals surface area contributed by atoms with E-state index < -0.39 is 0 Å². The van der Waals surface area contributed by atoms with Gasteiger partial charge in [-0.2, -0.15) is 0 Å². The van der Waals surface area contributed by atoms with Crippen LogP contribution < -0.4 is 0 Å². The van der Waals surface area contributed by atoms with Gasteiger partial charge in [-0.25, -0.2) is 9.59 Å². The van der Waals surface area contributed by atoms with E-state index in [1.807, 2.05) is 0 Å². The van der Waals surface area contributed by atoms with Gasteiger partial charge in [-0.15, -0.1) is 0 Å². The second-order valence-electron chi connectivity index (χ2n) is 19.1. The molecule has 0 saturated carbocycles. The first-order chi connectivity index (χ1) is 27.1. The van der Waals surface area contributed by atoms with Crippen molar-refractivity contribution in [3.8, 4) is 0 Å². The van der Waals surface area contributed by atoms with Gasteiger partial charge in [0.05, 0.1) is 54.5 Å². The molecular formula is C50H102N2O4+2. The summed E-state index contributed by atoms with van der Waals surface area (Å²) in [6.45, 7) is 8.58. The Hall–Kier alpha value is -1.14. The summed E-state index contributed by atoms with van der Waals surface area (Å²) in [6.07, 6.45) is 47.8. The first-order valence-corrected chi connectivity index (χ1v) is 25.1. The molecule has 0 fully saturated rings. The van der Waals surface area contributed by atoms with Crippen LogP contribution in [-0.4, -0.2) is 88.5 Å². The number of likely N-dealkylation sites (N-methyl/N-ethyl adjacent to an activating group) is 2. The quantitative estimate of drug-likeness (QED) is 0.0350. The summed E-state index contributed by atoms with van der Waals surface area (Å²) in [6, 6.07) is 0. The standard InChI is InChI=1S/C50H102N2O4/c1-7-9-11-13-15-17-19-21-23-25-27-29-31-33-37-41-45-55-49(53)47-51(3,4)43-39-35-36-40-44-52(5,6)48-50(54)56-46-42-38-34-32-30-28-26-24-22-20-18-16-14-12-10-8-2/h7-48H2,1-6H3/q+2. The summed E-state index contributed by atoms with van der Waals surface area (Å²) in [5, 5.41) is 0. The molecule has 6 heteroatoms. The first kappa shape index (κ1) is 54.9. The predicted octanol–water partition coefficient (Wildman–Crippen LogP) is 14.3. The second kappa shape index (κ2) is 40.6. The molecule has 56 heavy (non-hydrogen) atoms. The fourth-order valence-corrected chi connectivity index (χ4v) is 8.05. The van der Waals surface area contributed by atoms with Crippen LogP contribution in [0.4, 0.5) is 0 Å². The van der Waals surface area contributed by atoms with Crippen LogP contribution in [0, 0.1) is 0 Å². The second-order valence-corrected chi connectivity index (χ2v) is 19.1. The molecule has 0 atom stereocenters. The maximum Gasteiger partial charge on any atom is 0.361 e. The van der Waals surface area contributed by atoms with Gasteiger partial charge in [-0.3, -0.25) is 0 Å². The Morgan fingerprint density at radius 3 is 0.732 bits per heavy atom. The van der Waals surface area contributed by atoms with Crippen molar-refractivity contribution in [2.45, 2.75) is 245 Å². The maximum atomic E-state index is 12.5.